The Bertz CT molecular complexity index is 544. The van der Waals surface area contributed by atoms with Crippen molar-refractivity contribution >= 4 is 5.91 Å². The highest BCUT2D eigenvalue weighted by Crippen LogP contribution is 2.37. The van der Waals surface area contributed by atoms with Crippen molar-refractivity contribution < 1.29 is 9.53 Å². The summed E-state index contributed by atoms with van der Waals surface area (Å²) in [4.78, 5) is 23.4. The number of nitrogens with zero attached hydrogens (tertiary/aromatic N) is 3. The second-order valence-electron chi connectivity index (χ2n) is 6.43. The number of likely N-dealkylation sites (tertiary alicyclic amines) is 1. The fourth-order valence-electron chi connectivity index (χ4n) is 3.47. The van der Waals surface area contributed by atoms with E-state index in [1.165, 1.54) is 6.42 Å². The van der Waals surface area contributed by atoms with Crippen molar-refractivity contribution in [2.24, 2.45) is 5.92 Å². The maximum absolute atomic E-state index is 12.7. The summed E-state index contributed by atoms with van der Waals surface area (Å²) < 4.78 is 5.81. The van der Waals surface area contributed by atoms with Crippen LogP contribution in [0.5, 0.6) is 0 Å². The first kappa shape index (κ1) is 13.2. The Hall–Kier alpha value is -1.49. The van der Waals surface area contributed by atoms with E-state index in [0.29, 0.717) is 23.6 Å². The van der Waals surface area contributed by atoms with Crippen LogP contribution in [0.25, 0.3) is 0 Å². The summed E-state index contributed by atoms with van der Waals surface area (Å²) in [5, 5.41) is 0. The van der Waals surface area contributed by atoms with Crippen molar-refractivity contribution in [3.63, 3.8) is 0 Å². The van der Waals surface area contributed by atoms with E-state index >= 15 is 0 Å². The van der Waals surface area contributed by atoms with Crippen molar-refractivity contribution in [2.45, 2.75) is 44.1 Å². The molecule has 2 saturated heterocycles. The molecule has 5 nitrogen and oxygen atoms in total. The fourth-order valence-corrected chi connectivity index (χ4v) is 3.47. The first-order valence-corrected chi connectivity index (χ1v) is 8.05. The Balaban J connectivity index is 1.48. The van der Waals surface area contributed by atoms with Crippen LogP contribution >= 0.6 is 0 Å². The summed E-state index contributed by atoms with van der Waals surface area (Å²) in [7, 11) is 0. The topological polar surface area (TPSA) is 55.3 Å². The average Bonchev–Trinajstić information content (AvgIpc) is 3.39. The lowest BCUT2D eigenvalue weighted by Crippen LogP contribution is -2.48. The minimum absolute atomic E-state index is 0.0586. The summed E-state index contributed by atoms with van der Waals surface area (Å²) in [5.74, 6) is 1.89. The Morgan fingerprint density at radius 2 is 2.19 bits per heavy atom. The number of aromatic nitrogens is 2. The van der Waals surface area contributed by atoms with Crippen molar-refractivity contribution in [2.75, 3.05) is 19.7 Å². The van der Waals surface area contributed by atoms with E-state index in [9.17, 15) is 4.79 Å². The molecule has 2 atom stereocenters. The lowest BCUT2D eigenvalue weighted by atomic mass is 9.88. The average molecular weight is 287 g/mol. The molecule has 3 aliphatic rings. The number of hydrogen-bond acceptors (Lipinski definition) is 4. The minimum Gasteiger partial charge on any atom is -0.378 e. The van der Waals surface area contributed by atoms with Gasteiger partial charge in [0, 0.05) is 37.7 Å². The van der Waals surface area contributed by atoms with E-state index in [1.807, 2.05) is 4.90 Å². The summed E-state index contributed by atoms with van der Waals surface area (Å²) in [6, 6.07) is 1.75. The van der Waals surface area contributed by atoms with Crippen LogP contribution in [-0.2, 0) is 4.74 Å². The van der Waals surface area contributed by atoms with Gasteiger partial charge in [-0.25, -0.2) is 9.97 Å². The SMILES string of the molecule is O=C(c1ccnc(C2CC2)n1)N1CC[C@H]2OCCC[C@@H]2C1. The van der Waals surface area contributed by atoms with E-state index in [0.717, 1.165) is 51.2 Å². The van der Waals surface area contributed by atoms with Crippen LogP contribution in [0, 0.1) is 5.92 Å². The number of rotatable bonds is 2. The summed E-state index contributed by atoms with van der Waals surface area (Å²) in [6.45, 7) is 2.47. The zero-order chi connectivity index (χ0) is 14.2. The van der Waals surface area contributed by atoms with E-state index < -0.39 is 0 Å². The van der Waals surface area contributed by atoms with Gasteiger partial charge in [-0.05, 0) is 38.2 Å². The maximum atomic E-state index is 12.7. The van der Waals surface area contributed by atoms with Crippen LogP contribution in [0.2, 0.25) is 0 Å². The van der Waals surface area contributed by atoms with Gasteiger partial charge in [-0.3, -0.25) is 4.79 Å². The van der Waals surface area contributed by atoms with E-state index in [4.69, 9.17) is 4.74 Å². The van der Waals surface area contributed by atoms with Gasteiger partial charge < -0.3 is 9.64 Å². The van der Waals surface area contributed by atoms with Gasteiger partial charge in [0.15, 0.2) is 0 Å². The van der Waals surface area contributed by atoms with Crippen LogP contribution in [0.4, 0.5) is 0 Å². The molecule has 112 valence electrons. The third kappa shape index (κ3) is 2.67. The van der Waals surface area contributed by atoms with Gasteiger partial charge in [-0.2, -0.15) is 0 Å². The van der Waals surface area contributed by atoms with Crippen molar-refractivity contribution in [1.82, 2.24) is 14.9 Å². The molecule has 1 aromatic rings. The largest absolute Gasteiger partial charge is 0.378 e. The van der Waals surface area contributed by atoms with Crippen LogP contribution in [0.1, 0.15) is 54.3 Å². The number of fused-ring (bicyclic) bond motifs is 1. The smallest absolute Gasteiger partial charge is 0.272 e. The molecule has 0 spiro atoms. The molecule has 0 radical (unpaired) electrons. The normalized spacial score (nSPS) is 29.0. The van der Waals surface area contributed by atoms with E-state index in [-0.39, 0.29) is 5.91 Å². The molecule has 3 fully saturated rings. The minimum atomic E-state index is 0.0586. The molecule has 0 aromatic carbocycles. The van der Waals surface area contributed by atoms with Gasteiger partial charge in [0.25, 0.3) is 5.91 Å². The standard InChI is InChI=1S/C16H21N3O2/c20-16(13-5-7-17-15(18-13)11-3-4-11)19-8-6-14-12(10-19)2-1-9-21-14/h5,7,11-12,14H,1-4,6,8-10H2/t12-,14-/m1/s1. The van der Waals surface area contributed by atoms with Crippen LogP contribution in [-0.4, -0.2) is 46.6 Å². The molecule has 5 heteroatoms. The van der Waals surface area contributed by atoms with Crippen molar-refractivity contribution in [1.29, 1.82) is 0 Å². The molecule has 4 rings (SSSR count). The van der Waals surface area contributed by atoms with Gasteiger partial charge in [0.05, 0.1) is 6.10 Å². The lowest BCUT2D eigenvalue weighted by molar-refractivity contribution is -0.0607. The van der Waals surface area contributed by atoms with E-state index in [2.05, 4.69) is 9.97 Å². The Morgan fingerprint density at radius 3 is 3.05 bits per heavy atom. The van der Waals surface area contributed by atoms with Gasteiger partial charge in [0.1, 0.15) is 11.5 Å². The highest BCUT2D eigenvalue weighted by molar-refractivity contribution is 5.92. The quantitative estimate of drug-likeness (QED) is 0.835. The molecule has 0 unspecified atom stereocenters. The zero-order valence-electron chi connectivity index (χ0n) is 12.2. The molecule has 1 saturated carbocycles. The first-order chi connectivity index (χ1) is 10.3. The molecule has 3 heterocycles. The fraction of sp³-hybridized carbons (Fsp3) is 0.688. The van der Waals surface area contributed by atoms with Gasteiger partial charge in [-0.1, -0.05) is 0 Å². The van der Waals surface area contributed by atoms with E-state index in [1.54, 1.807) is 12.3 Å². The van der Waals surface area contributed by atoms with Crippen molar-refractivity contribution in [3.05, 3.63) is 23.8 Å². The summed E-state index contributed by atoms with van der Waals surface area (Å²) in [5.41, 5.74) is 0.557. The Morgan fingerprint density at radius 1 is 1.29 bits per heavy atom. The Kier molecular flexibility index (Phi) is 3.37. The Labute approximate surface area is 124 Å². The van der Waals surface area contributed by atoms with Crippen LogP contribution in [0.15, 0.2) is 12.3 Å². The van der Waals surface area contributed by atoms with Crippen molar-refractivity contribution in [3.8, 4) is 0 Å². The molecule has 1 aromatic heterocycles. The molecular weight excluding hydrogens is 266 g/mol. The molecule has 1 amide bonds. The molecule has 2 aliphatic heterocycles. The molecule has 0 bridgehead atoms. The number of amides is 1. The highest BCUT2D eigenvalue weighted by atomic mass is 16.5. The number of carbonyl (C=O) groups excluding carboxylic acids is 1. The summed E-state index contributed by atoms with van der Waals surface area (Å²) >= 11 is 0. The molecule has 0 N–H and O–H groups in total. The predicted octanol–water partition coefficient (Wildman–Crippen LogP) is 2.00. The highest BCUT2D eigenvalue weighted by Gasteiger charge is 2.35. The zero-order valence-corrected chi connectivity index (χ0v) is 12.2. The maximum Gasteiger partial charge on any atom is 0.272 e. The second kappa shape index (κ2) is 5.37. The lowest BCUT2D eigenvalue weighted by Gasteiger charge is -2.40. The van der Waals surface area contributed by atoms with Crippen LogP contribution < -0.4 is 0 Å². The third-order valence-corrected chi connectivity index (χ3v) is 4.84. The third-order valence-electron chi connectivity index (χ3n) is 4.84. The second-order valence-corrected chi connectivity index (χ2v) is 6.43. The van der Waals surface area contributed by atoms with Gasteiger partial charge in [-0.15, -0.1) is 0 Å². The monoisotopic (exact) mass is 287 g/mol. The first-order valence-electron chi connectivity index (χ1n) is 8.05. The number of piperidine rings is 1. The predicted molar refractivity (Wildman–Crippen MR) is 77.0 cm³/mol. The van der Waals surface area contributed by atoms with Crippen LogP contribution in [0.3, 0.4) is 0 Å². The molecule has 1 aliphatic carbocycles. The molecule has 21 heavy (non-hydrogen) atoms. The number of hydrogen-bond donors (Lipinski definition) is 0. The number of carbonyl (C=O) groups is 1. The van der Waals surface area contributed by atoms with Gasteiger partial charge >= 0.3 is 0 Å². The molecular formula is C16H21N3O2. The number of ether oxygens (including phenoxy) is 1. The summed E-state index contributed by atoms with van der Waals surface area (Å²) in [6.07, 6.45) is 7.63. The van der Waals surface area contributed by atoms with Gasteiger partial charge in [0.2, 0.25) is 0 Å².